The third-order valence-electron chi connectivity index (χ3n) is 4.13. The number of amides is 5. The van der Waals surface area contributed by atoms with Crippen molar-refractivity contribution in [1.29, 1.82) is 0 Å². The number of methoxy groups -OCH3 is 1. The minimum absolute atomic E-state index is 0.212. The summed E-state index contributed by atoms with van der Waals surface area (Å²) in [6, 6.07) is 11.8. The third-order valence-corrected chi connectivity index (χ3v) is 4.13. The van der Waals surface area contributed by atoms with Crippen molar-refractivity contribution in [3.05, 3.63) is 48.5 Å². The van der Waals surface area contributed by atoms with Crippen molar-refractivity contribution in [2.45, 2.75) is 6.92 Å². The minimum atomic E-state index is -1.06. The normalized spacial score (nSPS) is 13.7. The predicted octanol–water partition coefficient (Wildman–Crippen LogP) is 2.03. The van der Waals surface area contributed by atoms with Gasteiger partial charge in [-0.2, -0.15) is 0 Å². The summed E-state index contributed by atoms with van der Waals surface area (Å²) in [6.07, 6.45) is 0. The fourth-order valence-corrected chi connectivity index (χ4v) is 2.75. The highest BCUT2D eigenvalue weighted by Crippen LogP contribution is 2.24. The molecular weight excluding hydrogens is 378 g/mol. The van der Waals surface area contributed by atoms with Crippen LogP contribution in [0.1, 0.15) is 6.92 Å². The quantitative estimate of drug-likeness (QED) is 0.566. The third kappa shape index (κ3) is 4.18. The molecule has 0 saturated carbocycles. The number of carbonyl (C=O) groups is 4. The number of nitrogens with zero attached hydrogens (tertiary/aromatic N) is 2. The molecule has 0 atom stereocenters. The lowest BCUT2D eigenvalue weighted by Crippen LogP contribution is -2.39. The van der Waals surface area contributed by atoms with Gasteiger partial charge in [0.05, 0.1) is 19.4 Å². The number of benzene rings is 2. The molecule has 0 spiro atoms. The summed E-state index contributed by atoms with van der Waals surface area (Å²) in [4.78, 5) is 50.6. The number of rotatable bonds is 7. The van der Waals surface area contributed by atoms with Crippen LogP contribution in [-0.2, 0) is 14.4 Å². The molecular formula is C20H19N3O6. The summed E-state index contributed by atoms with van der Waals surface area (Å²) in [6.45, 7) is 1.79. The van der Waals surface area contributed by atoms with Crippen LogP contribution >= 0.6 is 0 Å². The fraction of sp³-hybridized carbons (Fsp3) is 0.200. The first-order valence-corrected chi connectivity index (χ1v) is 8.81. The van der Waals surface area contributed by atoms with Gasteiger partial charge >= 0.3 is 17.8 Å². The average Bonchev–Trinajstić information content (AvgIpc) is 2.93. The van der Waals surface area contributed by atoms with Crippen molar-refractivity contribution >= 4 is 35.1 Å². The van der Waals surface area contributed by atoms with Crippen LogP contribution in [0.2, 0.25) is 0 Å². The summed E-state index contributed by atoms with van der Waals surface area (Å²) < 4.78 is 10.4. The van der Waals surface area contributed by atoms with E-state index in [9.17, 15) is 19.2 Å². The largest absolute Gasteiger partial charge is 0.497 e. The maximum atomic E-state index is 12.6. The number of hydrogen-bond donors (Lipinski definition) is 1. The number of nitrogens with one attached hydrogen (secondary N) is 1. The smallest absolute Gasteiger partial charge is 0.339 e. The second-order valence-corrected chi connectivity index (χ2v) is 6.02. The van der Waals surface area contributed by atoms with Crippen LogP contribution in [0.3, 0.4) is 0 Å². The monoisotopic (exact) mass is 397 g/mol. The zero-order chi connectivity index (χ0) is 21.0. The van der Waals surface area contributed by atoms with E-state index < -0.39 is 30.3 Å². The van der Waals surface area contributed by atoms with Crippen molar-refractivity contribution in [2.75, 3.05) is 30.5 Å². The van der Waals surface area contributed by atoms with Gasteiger partial charge in [-0.05, 0) is 55.5 Å². The van der Waals surface area contributed by atoms with Crippen LogP contribution in [0.4, 0.5) is 16.2 Å². The molecule has 5 amide bonds. The van der Waals surface area contributed by atoms with Gasteiger partial charge in [0.15, 0.2) is 0 Å². The van der Waals surface area contributed by atoms with Crippen LogP contribution in [-0.4, -0.2) is 48.9 Å². The van der Waals surface area contributed by atoms with Crippen LogP contribution < -0.4 is 19.7 Å². The van der Waals surface area contributed by atoms with E-state index in [2.05, 4.69) is 5.32 Å². The van der Waals surface area contributed by atoms with E-state index in [4.69, 9.17) is 9.47 Å². The van der Waals surface area contributed by atoms with Crippen molar-refractivity contribution in [3.63, 3.8) is 0 Å². The molecule has 0 aliphatic carbocycles. The summed E-state index contributed by atoms with van der Waals surface area (Å²) in [5, 5.41) is 2.58. The number of urea groups is 1. The van der Waals surface area contributed by atoms with E-state index in [1.54, 1.807) is 36.4 Å². The van der Waals surface area contributed by atoms with Crippen LogP contribution in [0.25, 0.3) is 0 Å². The molecule has 1 fully saturated rings. The Morgan fingerprint density at radius 3 is 2.14 bits per heavy atom. The maximum absolute atomic E-state index is 12.6. The van der Waals surface area contributed by atoms with Gasteiger partial charge < -0.3 is 14.8 Å². The van der Waals surface area contributed by atoms with E-state index in [0.29, 0.717) is 28.7 Å². The lowest BCUT2D eigenvalue weighted by molar-refractivity contribution is -0.140. The molecule has 1 aliphatic rings. The Labute approximate surface area is 166 Å². The number of ether oxygens (including phenoxy) is 2. The standard InChI is InChI=1S/C20H19N3O6/c1-3-29-16-8-4-13(5-9-16)21-17(24)12-22-18(25)19(26)23(20(22)27)14-6-10-15(28-2)11-7-14/h4-11H,3,12H2,1-2H3,(H,21,24). The fourth-order valence-electron chi connectivity index (χ4n) is 2.75. The number of anilines is 2. The molecule has 2 aromatic carbocycles. The molecule has 150 valence electrons. The Bertz CT molecular complexity index is 940. The zero-order valence-corrected chi connectivity index (χ0v) is 15.9. The summed E-state index contributed by atoms with van der Waals surface area (Å²) in [5.74, 6) is -1.51. The molecule has 0 radical (unpaired) electrons. The van der Waals surface area contributed by atoms with Gasteiger partial charge in [0.2, 0.25) is 5.91 Å². The Morgan fingerprint density at radius 1 is 0.931 bits per heavy atom. The molecule has 3 rings (SSSR count). The SMILES string of the molecule is CCOc1ccc(NC(=O)CN2C(=O)C(=O)N(c3ccc(OC)cc3)C2=O)cc1. The Hall–Kier alpha value is -3.88. The van der Waals surface area contributed by atoms with Gasteiger partial charge in [-0.3, -0.25) is 14.4 Å². The molecule has 1 heterocycles. The van der Waals surface area contributed by atoms with Gasteiger partial charge in [-0.25, -0.2) is 14.6 Å². The molecule has 9 nitrogen and oxygen atoms in total. The highest BCUT2D eigenvalue weighted by Gasteiger charge is 2.46. The summed E-state index contributed by atoms with van der Waals surface area (Å²) >= 11 is 0. The molecule has 0 bridgehead atoms. The molecule has 1 saturated heterocycles. The molecule has 2 aromatic rings. The number of imide groups is 2. The average molecular weight is 397 g/mol. The van der Waals surface area contributed by atoms with E-state index in [0.717, 1.165) is 4.90 Å². The highest BCUT2D eigenvalue weighted by molar-refractivity contribution is 6.53. The van der Waals surface area contributed by atoms with Gasteiger partial charge in [-0.1, -0.05) is 0 Å². The zero-order valence-electron chi connectivity index (χ0n) is 15.9. The molecule has 1 aliphatic heterocycles. The topological polar surface area (TPSA) is 105 Å². The van der Waals surface area contributed by atoms with Crippen molar-refractivity contribution in [3.8, 4) is 11.5 Å². The summed E-state index contributed by atoms with van der Waals surface area (Å²) in [7, 11) is 1.48. The van der Waals surface area contributed by atoms with E-state index in [1.807, 2.05) is 6.92 Å². The summed E-state index contributed by atoms with van der Waals surface area (Å²) in [5.41, 5.74) is 0.680. The van der Waals surface area contributed by atoms with Crippen molar-refractivity contribution < 1.29 is 28.7 Å². The Kier molecular flexibility index (Phi) is 5.77. The van der Waals surface area contributed by atoms with E-state index in [-0.39, 0.29) is 5.69 Å². The van der Waals surface area contributed by atoms with Gasteiger partial charge in [0.1, 0.15) is 18.0 Å². The molecule has 1 N–H and O–H groups in total. The van der Waals surface area contributed by atoms with Crippen molar-refractivity contribution in [2.24, 2.45) is 0 Å². The number of hydrogen-bond acceptors (Lipinski definition) is 6. The van der Waals surface area contributed by atoms with Crippen molar-refractivity contribution in [1.82, 2.24) is 4.90 Å². The lowest BCUT2D eigenvalue weighted by Gasteiger charge is -2.15. The lowest BCUT2D eigenvalue weighted by atomic mass is 10.3. The first-order valence-electron chi connectivity index (χ1n) is 8.81. The van der Waals surface area contributed by atoms with Crippen LogP contribution in [0.15, 0.2) is 48.5 Å². The molecule has 9 heteroatoms. The molecule has 0 aromatic heterocycles. The van der Waals surface area contributed by atoms with Crippen LogP contribution in [0.5, 0.6) is 11.5 Å². The van der Waals surface area contributed by atoms with Crippen LogP contribution in [0, 0.1) is 0 Å². The van der Waals surface area contributed by atoms with E-state index >= 15 is 0 Å². The second-order valence-electron chi connectivity index (χ2n) is 6.02. The maximum Gasteiger partial charge on any atom is 0.339 e. The second kappa shape index (κ2) is 8.42. The van der Waals surface area contributed by atoms with Gasteiger partial charge in [-0.15, -0.1) is 0 Å². The van der Waals surface area contributed by atoms with Gasteiger partial charge in [0, 0.05) is 5.69 Å². The molecule has 0 unspecified atom stereocenters. The van der Waals surface area contributed by atoms with Gasteiger partial charge in [0.25, 0.3) is 0 Å². The Morgan fingerprint density at radius 2 is 1.55 bits per heavy atom. The molecule has 29 heavy (non-hydrogen) atoms. The highest BCUT2D eigenvalue weighted by atomic mass is 16.5. The van der Waals surface area contributed by atoms with E-state index in [1.165, 1.54) is 19.2 Å². The first-order chi connectivity index (χ1) is 13.9. The Balaban J connectivity index is 1.68. The predicted molar refractivity (Wildman–Crippen MR) is 104 cm³/mol. The minimum Gasteiger partial charge on any atom is -0.497 e. The number of carbonyl (C=O) groups excluding carboxylic acids is 4. The first kappa shape index (κ1) is 19.9.